The minimum absolute atomic E-state index is 0.0102. The number of hydrogen-bond acceptors (Lipinski definition) is 4. The van der Waals surface area contributed by atoms with Gasteiger partial charge in [-0.2, -0.15) is 0 Å². The SMILES string of the molecule is CN1C(=O)Cc2cc(C(=O)C(N)CO)ccc21. The van der Waals surface area contributed by atoms with Crippen LogP contribution in [0.4, 0.5) is 5.69 Å². The Kier molecular flexibility index (Phi) is 2.95. The summed E-state index contributed by atoms with van der Waals surface area (Å²) in [6.07, 6.45) is 0.307. The molecule has 1 aromatic rings. The summed E-state index contributed by atoms with van der Waals surface area (Å²) in [6.45, 7) is -0.380. The number of carbonyl (C=O) groups is 2. The maximum atomic E-state index is 11.8. The molecule has 3 N–H and O–H groups in total. The second-order valence-electron chi connectivity index (χ2n) is 4.13. The van der Waals surface area contributed by atoms with E-state index in [1.54, 1.807) is 30.1 Å². The van der Waals surface area contributed by atoms with Crippen LogP contribution in [0.25, 0.3) is 0 Å². The zero-order valence-electron chi connectivity index (χ0n) is 9.51. The number of nitrogens with two attached hydrogens (primary N) is 1. The van der Waals surface area contributed by atoms with Crippen molar-refractivity contribution in [3.05, 3.63) is 29.3 Å². The van der Waals surface area contributed by atoms with E-state index in [1.165, 1.54) is 0 Å². The molecule has 1 aliphatic rings. The van der Waals surface area contributed by atoms with Gasteiger partial charge in [-0.05, 0) is 23.8 Å². The number of benzene rings is 1. The summed E-state index contributed by atoms with van der Waals surface area (Å²) < 4.78 is 0. The van der Waals surface area contributed by atoms with E-state index < -0.39 is 6.04 Å². The molecule has 0 aromatic heterocycles. The third-order valence-corrected chi connectivity index (χ3v) is 2.97. The molecule has 0 fully saturated rings. The van der Waals surface area contributed by atoms with Crippen molar-refractivity contribution in [2.24, 2.45) is 5.73 Å². The number of anilines is 1. The summed E-state index contributed by atoms with van der Waals surface area (Å²) in [5.41, 5.74) is 7.56. The second-order valence-corrected chi connectivity index (χ2v) is 4.13. The fourth-order valence-electron chi connectivity index (χ4n) is 1.92. The van der Waals surface area contributed by atoms with Crippen LogP contribution in [-0.2, 0) is 11.2 Å². The van der Waals surface area contributed by atoms with Crippen molar-refractivity contribution in [1.82, 2.24) is 0 Å². The minimum atomic E-state index is -0.900. The Labute approximate surface area is 98.8 Å². The molecule has 5 nitrogen and oxygen atoms in total. The van der Waals surface area contributed by atoms with E-state index in [9.17, 15) is 9.59 Å². The number of aliphatic hydroxyl groups excluding tert-OH is 1. The second kappa shape index (κ2) is 4.27. The summed E-state index contributed by atoms with van der Waals surface area (Å²) in [6, 6.07) is 4.14. The molecule has 0 bridgehead atoms. The summed E-state index contributed by atoms with van der Waals surface area (Å²) in [5, 5.41) is 8.84. The van der Waals surface area contributed by atoms with Crippen molar-refractivity contribution in [3.63, 3.8) is 0 Å². The number of ketones is 1. The lowest BCUT2D eigenvalue weighted by Gasteiger charge is -2.11. The molecule has 5 heteroatoms. The number of nitrogens with zero attached hydrogens (tertiary/aromatic N) is 1. The zero-order valence-corrected chi connectivity index (χ0v) is 9.51. The first kappa shape index (κ1) is 11.8. The van der Waals surface area contributed by atoms with E-state index in [0.717, 1.165) is 11.3 Å². The van der Waals surface area contributed by atoms with E-state index >= 15 is 0 Å². The highest BCUT2D eigenvalue weighted by molar-refractivity contribution is 6.04. The number of hydrogen-bond donors (Lipinski definition) is 2. The fraction of sp³-hybridized carbons (Fsp3) is 0.333. The summed E-state index contributed by atoms with van der Waals surface area (Å²) in [7, 11) is 1.70. The molecule has 0 aliphatic carbocycles. The first-order chi connectivity index (χ1) is 8.04. The molecule has 0 saturated heterocycles. The van der Waals surface area contributed by atoms with Crippen LogP contribution in [0.15, 0.2) is 18.2 Å². The molecule has 0 spiro atoms. The highest BCUT2D eigenvalue weighted by Crippen LogP contribution is 2.28. The van der Waals surface area contributed by atoms with Crippen molar-refractivity contribution >= 4 is 17.4 Å². The average Bonchev–Trinajstić information content (AvgIpc) is 2.62. The molecule has 1 atom stereocenters. The molecule has 1 amide bonds. The van der Waals surface area contributed by atoms with Crippen molar-refractivity contribution in [1.29, 1.82) is 0 Å². The van der Waals surface area contributed by atoms with Crippen LogP contribution in [0, 0.1) is 0 Å². The third kappa shape index (κ3) is 1.94. The lowest BCUT2D eigenvalue weighted by Crippen LogP contribution is -2.34. The van der Waals surface area contributed by atoms with Crippen LogP contribution >= 0.6 is 0 Å². The van der Waals surface area contributed by atoms with Gasteiger partial charge in [-0.1, -0.05) is 0 Å². The first-order valence-corrected chi connectivity index (χ1v) is 5.34. The smallest absolute Gasteiger partial charge is 0.231 e. The Hall–Kier alpha value is -1.72. The van der Waals surface area contributed by atoms with Gasteiger partial charge in [0.2, 0.25) is 5.91 Å². The Morgan fingerprint density at radius 1 is 1.59 bits per heavy atom. The predicted molar refractivity (Wildman–Crippen MR) is 62.9 cm³/mol. The average molecular weight is 234 g/mol. The molecule has 0 radical (unpaired) electrons. The van der Waals surface area contributed by atoms with Crippen LogP contribution in [0.3, 0.4) is 0 Å². The number of amides is 1. The Morgan fingerprint density at radius 2 is 2.29 bits per heavy atom. The van der Waals surface area contributed by atoms with Gasteiger partial charge in [-0.25, -0.2) is 0 Å². The number of carbonyl (C=O) groups excluding carboxylic acids is 2. The molecule has 1 unspecified atom stereocenters. The molecule has 0 saturated carbocycles. The summed E-state index contributed by atoms with van der Waals surface area (Å²) >= 11 is 0. The van der Waals surface area contributed by atoms with Crippen LogP contribution in [-0.4, -0.2) is 36.5 Å². The maximum absolute atomic E-state index is 11.8. The standard InChI is InChI=1S/C12H14N2O3/c1-14-10-3-2-7(12(17)9(13)6-15)4-8(10)5-11(14)16/h2-4,9,15H,5-6,13H2,1H3. The number of aliphatic hydroxyl groups is 1. The minimum Gasteiger partial charge on any atom is -0.394 e. The Balaban J connectivity index is 2.33. The van der Waals surface area contributed by atoms with Gasteiger partial charge >= 0.3 is 0 Å². The summed E-state index contributed by atoms with van der Waals surface area (Å²) in [5.74, 6) is -0.298. The van der Waals surface area contributed by atoms with Crippen LogP contribution in [0.5, 0.6) is 0 Å². The number of Topliss-reactive ketones (excluding diaryl/α,β-unsaturated/α-hetero) is 1. The lowest BCUT2D eigenvalue weighted by molar-refractivity contribution is -0.117. The van der Waals surface area contributed by atoms with Crippen molar-refractivity contribution in [3.8, 4) is 0 Å². The highest BCUT2D eigenvalue weighted by atomic mass is 16.3. The van der Waals surface area contributed by atoms with Gasteiger partial charge < -0.3 is 15.7 Å². The maximum Gasteiger partial charge on any atom is 0.231 e. The molecule has 1 heterocycles. The van der Waals surface area contributed by atoms with E-state index in [0.29, 0.717) is 12.0 Å². The van der Waals surface area contributed by atoms with Gasteiger partial charge in [0.1, 0.15) is 0 Å². The van der Waals surface area contributed by atoms with Crippen LogP contribution in [0.1, 0.15) is 15.9 Å². The van der Waals surface area contributed by atoms with E-state index in [-0.39, 0.29) is 18.3 Å². The summed E-state index contributed by atoms with van der Waals surface area (Å²) in [4.78, 5) is 24.8. The number of fused-ring (bicyclic) bond motifs is 1. The monoisotopic (exact) mass is 234 g/mol. The van der Waals surface area contributed by atoms with E-state index in [1.807, 2.05) is 0 Å². The van der Waals surface area contributed by atoms with E-state index in [4.69, 9.17) is 10.8 Å². The molecule has 2 rings (SSSR count). The molecular weight excluding hydrogens is 220 g/mol. The van der Waals surface area contributed by atoms with E-state index in [2.05, 4.69) is 0 Å². The van der Waals surface area contributed by atoms with Crippen LogP contribution < -0.4 is 10.6 Å². The number of likely N-dealkylation sites (N-methyl/N-ethyl adjacent to an activating group) is 1. The van der Waals surface area contributed by atoms with Crippen molar-refractivity contribution in [2.45, 2.75) is 12.5 Å². The molecular formula is C12H14N2O3. The van der Waals surface area contributed by atoms with Gasteiger partial charge in [-0.15, -0.1) is 0 Å². The van der Waals surface area contributed by atoms with Gasteiger partial charge in [0.05, 0.1) is 19.1 Å². The Morgan fingerprint density at radius 3 is 2.94 bits per heavy atom. The van der Waals surface area contributed by atoms with Gasteiger partial charge in [0.15, 0.2) is 5.78 Å². The zero-order chi connectivity index (χ0) is 12.6. The number of rotatable bonds is 3. The van der Waals surface area contributed by atoms with Crippen LogP contribution in [0.2, 0.25) is 0 Å². The highest BCUT2D eigenvalue weighted by Gasteiger charge is 2.25. The lowest BCUT2D eigenvalue weighted by atomic mass is 10.0. The van der Waals surface area contributed by atoms with Gasteiger partial charge in [0.25, 0.3) is 0 Å². The Bertz CT molecular complexity index is 485. The third-order valence-electron chi connectivity index (χ3n) is 2.97. The normalized spacial score (nSPS) is 15.9. The van der Waals surface area contributed by atoms with Gasteiger partial charge in [0, 0.05) is 18.3 Å². The quantitative estimate of drug-likeness (QED) is 0.704. The fourth-order valence-corrected chi connectivity index (χ4v) is 1.92. The first-order valence-electron chi connectivity index (χ1n) is 5.34. The molecule has 90 valence electrons. The largest absolute Gasteiger partial charge is 0.394 e. The topological polar surface area (TPSA) is 83.6 Å². The van der Waals surface area contributed by atoms with Crippen molar-refractivity contribution in [2.75, 3.05) is 18.6 Å². The molecule has 1 aromatic carbocycles. The molecule has 1 aliphatic heterocycles. The predicted octanol–water partition coefficient (Wildman–Crippen LogP) is -0.292. The van der Waals surface area contributed by atoms with Crippen molar-refractivity contribution < 1.29 is 14.7 Å². The van der Waals surface area contributed by atoms with Gasteiger partial charge in [-0.3, -0.25) is 9.59 Å². The molecule has 17 heavy (non-hydrogen) atoms.